The number of halogens is 1. The Morgan fingerprint density at radius 1 is 1.17 bits per heavy atom. The summed E-state index contributed by atoms with van der Waals surface area (Å²) in [6, 6.07) is 14.3. The average Bonchev–Trinajstić information content (AvgIpc) is 2.74. The first-order valence-corrected chi connectivity index (χ1v) is 12.4. The van der Waals surface area contributed by atoms with Crippen LogP contribution in [0.2, 0.25) is 5.02 Å². The van der Waals surface area contributed by atoms with Crippen LogP contribution >= 0.6 is 23.4 Å². The van der Waals surface area contributed by atoms with Gasteiger partial charge in [0.25, 0.3) is 0 Å². The molecule has 2 aromatic carbocycles. The van der Waals surface area contributed by atoms with Crippen molar-refractivity contribution in [3.63, 3.8) is 0 Å². The van der Waals surface area contributed by atoms with Gasteiger partial charge in [0.2, 0.25) is 5.91 Å². The highest BCUT2D eigenvalue weighted by Gasteiger charge is 2.42. The Morgan fingerprint density at radius 2 is 1.93 bits per heavy atom. The lowest BCUT2D eigenvalue weighted by Gasteiger charge is -2.44. The molecule has 0 saturated heterocycles. The van der Waals surface area contributed by atoms with Gasteiger partial charge < -0.3 is 10.1 Å². The third-order valence-corrected chi connectivity index (χ3v) is 7.73. The van der Waals surface area contributed by atoms with Gasteiger partial charge in [0.05, 0.1) is 5.75 Å². The molecular formula is C25H30ClNO2S. The zero-order valence-electron chi connectivity index (χ0n) is 17.6. The molecule has 0 unspecified atom stereocenters. The topological polar surface area (TPSA) is 38.3 Å². The number of aryl methyl sites for hydroxylation is 1. The van der Waals surface area contributed by atoms with E-state index >= 15 is 0 Å². The normalized spacial score (nSPS) is 19.7. The number of rotatable bonds is 6. The van der Waals surface area contributed by atoms with E-state index in [4.69, 9.17) is 16.3 Å². The van der Waals surface area contributed by atoms with Crippen LogP contribution in [0.15, 0.2) is 42.5 Å². The van der Waals surface area contributed by atoms with Crippen molar-refractivity contribution in [2.75, 3.05) is 12.3 Å². The molecule has 1 fully saturated rings. The van der Waals surface area contributed by atoms with Crippen LogP contribution in [0.5, 0.6) is 5.75 Å². The van der Waals surface area contributed by atoms with E-state index in [1.54, 1.807) is 11.8 Å². The summed E-state index contributed by atoms with van der Waals surface area (Å²) in [5, 5.41) is 4.12. The maximum absolute atomic E-state index is 12.5. The van der Waals surface area contributed by atoms with E-state index in [1.807, 2.05) is 24.3 Å². The van der Waals surface area contributed by atoms with Crippen LogP contribution in [-0.4, -0.2) is 23.8 Å². The molecule has 1 aliphatic carbocycles. The van der Waals surface area contributed by atoms with E-state index < -0.39 is 0 Å². The molecule has 1 amide bonds. The lowest BCUT2D eigenvalue weighted by atomic mass is 9.78. The van der Waals surface area contributed by atoms with Crippen LogP contribution in [0.1, 0.15) is 60.5 Å². The second kappa shape index (κ2) is 9.65. The zero-order valence-corrected chi connectivity index (χ0v) is 19.2. The van der Waals surface area contributed by atoms with Crippen LogP contribution in [-0.2, 0) is 11.2 Å². The van der Waals surface area contributed by atoms with E-state index in [0.29, 0.717) is 17.5 Å². The molecule has 30 heavy (non-hydrogen) atoms. The predicted octanol–water partition coefficient (Wildman–Crippen LogP) is 6.27. The van der Waals surface area contributed by atoms with Crippen molar-refractivity contribution in [2.45, 2.75) is 62.7 Å². The van der Waals surface area contributed by atoms with Gasteiger partial charge in [0.1, 0.15) is 11.4 Å². The van der Waals surface area contributed by atoms with Gasteiger partial charge in [-0.3, -0.25) is 4.79 Å². The second-order valence-corrected chi connectivity index (χ2v) is 10.2. The SMILES string of the molecule is Cc1ccc2c(c1)[C@H](SCC(=O)NCCc1ccc(Cl)cc1)CC1(CCCCC1)O2. The predicted molar refractivity (Wildman–Crippen MR) is 126 cm³/mol. The molecule has 1 spiro atoms. The fourth-order valence-corrected chi connectivity index (χ4v) is 5.98. The highest BCUT2D eigenvalue weighted by atomic mass is 35.5. The van der Waals surface area contributed by atoms with Crippen LogP contribution in [0.25, 0.3) is 0 Å². The summed E-state index contributed by atoms with van der Waals surface area (Å²) in [7, 11) is 0. The smallest absolute Gasteiger partial charge is 0.230 e. The van der Waals surface area contributed by atoms with E-state index in [9.17, 15) is 4.79 Å². The Morgan fingerprint density at radius 3 is 2.70 bits per heavy atom. The number of hydrogen-bond acceptors (Lipinski definition) is 3. The Hall–Kier alpha value is -1.65. The van der Waals surface area contributed by atoms with Gasteiger partial charge in [-0.15, -0.1) is 11.8 Å². The van der Waals surface area contributed by atoms with E-state index in [2.05, 4.69) is 30.4 Å². The lowest BCUT2D eigenvalue weighted by molar-refractivity contribution is -0.118. The third kappa shape index (κ3) is 5.33. The quantitative estimate of drug-likeness (QED) is 0.572. The summed E-state index contributed by atoms with van der Waals surface area (Å²) in [6.07, 6.45) is 7.87. The molecule has 1 aliphatic heterocycles. The van der Waals surface area contributed by atoms with Gasteiger partial charge in [0.15, 0.2) is 0 Å². The molecule has 0 aromatic heterocycles. The van der Waals surface area contributed by atoms with Gasteiger partial charge in [-0.2, -0.15) is 0 Å². The van der Waals surface area contributed by atoms with Crippen molar-refractivity contribution >= 4 is 29.3 Å². The molecule has 1 heterocycles. The zero-order chi connectivity index (χ0) is 21.0. The van der Waals surface area contributed by atoms with Gasteiger partial charge in [-0.25, -0.2) is 0 Å². The van der Waals surface area contributed by atoms with Crippen molar-refractivity contribution in [1.29, 1.82) is 0 Å². The second-order valence-electron chi connectivity index (χ2n) is 8.62. The highest BCUT2D eigenvalue weighted by molar-refractivity contribution is 8.00. The van der Waals surface area contributed by atoms with E-state index in [0.717, 1.165) is 36.5 Å². The molecule has 0 radical (unpaired) electrons. The average molecular weight is 444 g/mol. The highest BCUT2D eigenvalue weighted by Crippen LogP contribution is 2.51. The van der Waals surface area contributed by atoms with Crippen LogP contribution in [0.4, 0.5) is 0 Å². The molecule has 160 valence electrons. The van der Waals surface area contributed by atoms with Crippen LogP contribution in [0.3, 0.4) is 0 Å². The summed E-state index contributed by atoms with van der Waals surface area (Å²) in [6.45, 7) is 2.77. The van der Waals surface area contributed by atoms with E-state index in [1.165, 1.54) is 36.0 Å². The molecule has 4 rings (SSSR count). The maximum atomic E-state index is 12.5. The minimum atomic E-state index is -0.0385. The largest absolute Gasteiger partial charge is 0.487 e. The van der Waals surface area contributed by atoms with Crippen LogP contribution in [0, 0.1) is 6.92 Å². The molecule has 3 nitrogen and oxygen atoms in total. The minimum Gasteiger partial charge on any atom is -0.487 e. The molecule has 1 atom stereocenters. The van der Waals surface area contributed by atoms with Gasteiger partial charge in [0, 0.05) is 28.8 Å². The van der Waals surface area contributed by atoms with E-state index in [-0.39, 0.29) is 11.5 Å². The Bertz CT molecular complexity index is 877. The first-order valence-electron chi connectivity index (χ1n) is 11.0. The monoisotopic (exact) mass is 443 g/mol. The van der Waals surface area contributed by atoms with Crippen molar-refractivity contribution < 1.29 is 9.53 Å². The van der Waals surface area contributed by atoms with Crippen molar-refractivity contribution in [3.05, 3.63) is 64.2 Å². The molecule has 1 saturated carbocycles. The first kappa shape index (κ1) is 21.6. The van der Waals surface area contributed by atoms with Crippen molar-refractivity contribution in [1.82, 2.24) is 5.32 Å². The van der Waals surface area contributed by atoms with Crippen LogP contribution < -0.4 is 10.1 Å². The maximum Gasteiger partial charge on any atom is 0.230 e. The number of ether oxygens (including phenoxy) is 1. The summed E-state index contributed by atoms with van der Waals surface area (Å²) in [4.78, 5) is 12.5. The number of hydrogen-bond donors (Lipinski definition) is 1. The molecule has 2 aromatic rings. The molecular weight excluding hydrogens is 414 g/mol. The fourth-order valence-electron chi connectivity index (χ4n) is 4.61. The summed E-state index contributed by atoms with van der Waals surface area (Å²) in [5.41, 5.74) is 3.64. The fraction of sp³-hybridized carbons (Fsp3) is 0.480. The Kier molecular flexibility index (Phi) is 6.94. The number of carbonyl (C=O) groups is 1. The van der Waals surface area contributed by atoms with Crippen molar-refractivity contribution in [2.24, 2.45) is 0 Å². The van der Waals surface area contributed by atoms with Gasteiger partial charge in [-0.05, 0) is 62.8 Å². The number of thioether (sulfide) groups is 1. The number of benzene rings is 2. The molecule has 1 N–H and O–H groups in total. The molecule has 0 bridgehead atoms. The molecule has 5 heteroatoms. The summed E-state index contributed by atoms with van der Waals surface area (Å²) >= 11 is 7.69. The number of fused-ring (bicyclic) bond motifs is 1. The van der Waals surface area contributed by atoms with Crippen molar-refractivity contribution in [3.8, 4) is 5.75 Å². The molecule has 2 aliphatic rings. The Labute approximate surface area is 188 Å². The minimum absolute atomic E-state index is 0.0385. The third-order valence-electron chi connectivity index (χ3n) is 6.23. The number of nitrogens with one attached hydrogen (secondary N) is 1. The first-order chi connectivity index (χ1) is 14.5. The van der Waals surface area contributed by atoms with Gasteiger partial charge in [-0.1, -0.05) is 47.9 Å². The van der Waals surface area contributed by atoms with Gasteiger partial charge >= 0.3 is 0 Å². The summed E-state index contributed by atoms with van der Waals surface area (Å²) < 4.78 is 6.55. The Balaban J connectivity index is 1.34. The lowest BCUT2D eigenvalue weighted by Crippen LogP contribution is -2.42. The summed E-state index contributed by atoms with van der Waals surface area (Å²) in [5.74, 6) is 1.61. The number of carbonyl (C=O) groups excluding carboxylic acids is 1. The standard InChI is InChI=1S/C25H30ClNO2S/c1-18-5-10-22-21(15-18)23(16-25(29-22)12-3-2-4-13-25)30-17-24(28)27-14-11-19-6-8-20(26)9-7-19/h5-10,15,23H,2-4,11-14,16-17H2,1H3,(H,27,28)/t23-/m1/s1. The number of amides is 1.